The van der Waals surface area contributed by atoms with Crippen LogP contribution in [0.5, 0.6) is 0 Å². The molecule has 92 valence electrons. The summed E-state index contributed by atoms with van der Waals surface area (Å²) in [6.07, 6.45) is 1.43. The van der Waals surface area contributed by atoms with Gasteiger partial charge in [-0.2, -0.15) is 0 Å². The fourth-order valence-corrected chi connectivity index (χ4v) is 2.14. The molecular weight excluding hydrogens is 212 g/mol. The second-order valence-corrected chi connectivity index (χ2v) is 5.57. The van der Waals surface area contributed by atoms with Gasteiger partial charge >= 0.3 is 0 Å². The maximum Gasteiger partial charge on any atom is 0.228 e. The highest BCUT2D eigenvalue weighted by atomic mass is 16.2. The van der Waals surface area contributed by atoms with Crippen molar-refractivity contribution < 1.29 is 4.79 Å². The molecule has 0 spiro atoms. The number of carbonyl (C=O) groups is 1. The van der Waals surface area contributed by atoms with Crippen LogP contribution >= 0.6 is 0 Å². The SMILES string of the molecule is CCN1C(=O)CCc2ccc(C(C)(C)C)nc21. The van der Waals surface area contributed by atoms with E-state index in [2.05, 4.69) is 32.9 Å². The minimum atomic E-state index is 0.0228. The van der Waals surface area contributed by atoms with Crippen LogP contribution < -0.4 is 4.90 Å². The van der Waals surface area contributed by atoms with Crippen molar-refractivity contribution in [2.45, 2.75) is 46.0 Å². The van der Waals surface area contributed by atoms with E-state index in [-0.39, 0.29) is 11.3 Å². The molecule has 1 amide bonds. The summed E-state index contributed by atoms with van der Waals surface area (Å²) in [5.74, 6) is 1.06. The maximum atomic E-state index is 11.8. The fraction of sp³-hybridized carbons (Fsp3) is 0.571. The highest BCUT2D eigenvalue weighted by Gasteiger charge is 2.26. The number of anilines is 1. The molecule has 0 fully saturated rings. The van der Waals surface area contributed by atoms with E-state index in [9.17, 15) is 4.79 Å². The van der Waals surface area contributed by atoms with Crippen molar-refractivity contribution in [3.05, 3.63) is 23.4 Å². The molecule has 0 aliphatic carbocycles. The van der Waals surface area contributed by atoms with Crippen LogP contribution in [0, 0.1) is 0 Å². The topological polar surface area (TPSA) is 33.2 Å². The lowest BCUT2D eigenvalue weighted by Gasteiger charge is -2.29. The molecule has 0 saturated heterocycles. The zero-order valence-electron chi connectivity index (χ0n) is 11.1. The molecule has 0 unspecified atom stereocenters. The standard InChI is InChI=1S/C14H20N2O/c1-5-16-12(17)9-7-10-6-8-11(14(2,3)4)15-13(10)16/h6,8H,5,7,9H2,1-4H3. The van der Waals surface area contributed by atoms with Crippen molar-refractivity contribution >= 4 is 11.7 Å². The third-order valence-electron chi connectivity index (χ3n) is 3.21. The normalized spacial score (nSPS) is 16.0. The van der Waals surface area contributed by atoms with Crippen LogP contribution in [-0.2, 0) is 16.6 Å². The smallest absolute Gasteiger partial charge is 0.228 e. The van der Waals surface area contributed by atoms with Gasteiger partial charge in [-0.25, -0.2) is 4.98 Å². The van der Waals surface area contributed by atoms with Crippen molar-refractivity contribution in [3.63, 3.8) is 0 Å². The Hall–Kier alpha value is -1.38. The van der Waals surface area contributed by atoms with E-state index in [0.717, 1.165) is 17.9 Å². The van der Waals surface area contributed by atoms with E-state index >= 15 is 0 Å². The van der Waals surface area contributed by atoms with Gasteiger partial charge in [0.05, 0.1) is 0 Å². The number of hydrogen-bond acceptors (Lipinski definition) is 2. The average molecular weight is 232 g/mol. The van der Waals surface area contributed by atoms with E-state index in [0.29, 0.717) is 13.0 Å². The first-order valence-corrected chi connectivity index (χ1v) is 6.24. The third-order valence-corrected chi connectivity index (χ3v) is 3.21. The Labute approximate surface area is 103 Å². The lowest BCUT2D eigenvalue weighted by Crippen LogP contribution is -2.36. The number of aryl methyl sites for hydroxylation is 1. The number of pyridine rings is 1. The first-order chi connectivity index (χ1) is 7.93. The van der Waals surface area contributed by atoms with Gasteiger partial charge in [-0.05, 0) is 25.0 Å². The fourth-order valence-electron chi connectivity index (χ4n) is 2.14. The van der Waals surface area contributed by atoms with Crippen molar-refractivity contribution in [1.82, 2.24) is 4.98 Å². The van der Waals surface area contributed by atoms with Gasteiger partial charge in [0.2, 0.25) is 5.91 Å². The molecule has 1 aliphatic rings. The molecule has 1 aromatic heterocycles. The van der Waals surface area contributed by atoms with Crippen LogP contribution in [0.3, 0.4) is 0 Å². The van der Waals surface area contributed by atoms with Gasteiger partial charge in [0.15, 0.2) is 0 Å². The lowest BCUT2D eigenvalue weighted by atomic mass is 9.90. The van der Waals surface area contributed by atoms with E-state index < -0.39 is 0 Å². The predicted molar refractivity (Wildman–Crippen MR) is 69.3 cm³/mol. The molecule has 2 heterocycles. The molecular formula is C14H20N2O. The minimum absolute atomic E-state index is 0.0228. The quantitative estimate of drug-likeness (QED) is 0.746. The zero-order chi connectivity index (χ0) is 12.6. The zero-order valence-corrected chi connectivity index (χ0v) is 11.1. The number of nitrogens with zero attached hydrogens (tertiary/aromatic N) is 2. The monoisotopic (exact) mass is 232 g/mol. The molecule has 0 saturated carbocycles. The maximum absolute atomic E-state index is 11.8. The Morgan fingerprint density at radius 1 is 1.29 bits per heavy atom. The lowest BCUT2D eigenvalue weighted by molar-refractivity contribution is -0.118. The minimum Gasteiger partial charge on any atom is -0.297 e. The first kappa shape index (κ1) is 12.1. The molecule has 1 aromatic rings. The second-order valence-electron chi connectivity index (χ2n) is 5.57. The van der Waals surface area contributed by atoms with Crippen LogP contribution in [0.2, 0.25) is 0 Å². The predicted octanol–water partition coefficient (Wildman–Crippen LogP) is 2.68. The number of fused-ring (bicyclic) bond motifs is 1. The van der Waals surface area contributed by atoms with Crippen molar-refractivity contribution in [2.75, 3.05) is 11.4 Å². The van der Waals surface area contributed by atoms with Crippen molar-refractivity contribution in [3.8, 4) is 0 Å². The Morgan fingerprint density at radius 2 is 2.00 bits per heavy atom. The second kappa shape index (κ2) is 4.13. The Kier molecular flexibility index (Phi) is 2.94. The third kappa shape index (κ3) is 2.19. The van der Waals surface area contributed by atoms with Crippen molar-refractivity contribution in [2.24, 2.45) is 0 Å². The molecule has 3 heteroatoms. The first-order valence-electron chi connectivity index (χ1n) is 6.24. The number of aromatic nitrogens is 1. The summed E-state index contributed by atoms with van der Waals surface area (Å²) < 4.78 is 0. The molecule has 0 bridgehead atoms. The van der Waals surface area contributed by atoms with E-state index in [1.165, 1.54) is 5.56 Å². The Bertz CT molecular complexity index is 446. The number of amides is 1. The molecule has 0 N–H and O–H groups in total. The molecule has 17 heavy (non-hydrogen) atoms. The number of hydrogen-bond donors (Lipinski definition) is 0. The van der Waals surface area contributed by atoms with E-state index in [4.69, 9.17) is 4.98 Å². The van der Waals surface area contributed by atoms with Crippen LogP contribution in [-0.4, -0.2) is 17.4 Å². The van der Waals surface area contributed by atoms with Crippen LogP contribution in [0.25, 0.3) is 0 Å². The average Bonchev–Trinajstić information content (AvgIpc) is 2.27. The summed E-state index contributed by atoms with van der Waals surface area (Å²) >= 11 is 0. The molecule has 3 nitrogen and oxygen atoms in total. The summed E-state index contributed by atoms with van der Waals surface area (Å²) in [5, 5.41) is 0. The molecule has 1 aliphatic heterocycles. The van der Waals surface area contributed by atoms with Gasteiger partial charge in [0.25, 0.3) is 0 Å². The summed E-state index contributed by atoms with van der Waals surface area (Å²) in [7, 11) is 0. The molecule has 0 radical (unpaired) electrons. The highest BCUT2D eigenvalue weighted by Crippen LogP contribution is 2.29. The largest absolute Gasteiger partial charge is 0.297 e. The summed E-state index contributed by atoms with van der Waals surface area (Å²) in [6, 6.07) is 4.21. The van der Waals surface area contributed by atoms with Gasteiger partial charge in [-0.1, -0.05) is 26.8 Å². The number of carbonyl (C=O) groups excluding carboxylic acids is 1. The van der Waals surface area contributed by atoms with Gasteiger partial charge in [0.1, 0.15) is 5.82 Å². The van der Waals surface area contributed by atoms with E-state index in [1.807, 2.05) is 6.92 Å². The van der Waals surface area contributed by atoms with E-state index in [1.54, 1.807) is 4.90 Å². The number of rotatable bonds is 1. The van der Waals surface area contributed by atoms with Crippen LogP contribution in [0.15, 0.2) is 12.1 Å². The van der Waals surface area contributed by atoms with Crippen molar-refractivity contribution in [1.29, 1.82) is 0 Å². The summed E-state index contributed by atoms with van der Waals surface area (Å²) in [6.45, 7) is 9.12. The summed E-state index contributed by atoms with van der Waals surface area (Å²) in [5.41, 5.74) is 2.26. The molecule has 0 aromatic carbocycles. The highest BCUT2D eigenvalue weighted by molar-refractivity contribution is 5.95. The van der Waals surface area contributed by atoms with Crippen LogP contribution in [0.4, 0.5) is 5.82 Å². The van der Waals surface area contributed by atoms with Gasteiger partial charge in [-0.3, -0.25) is 9.69 Å². The van der Waals surface area contributed by atoms with Gasteiger partial charge < -0.3 is 0 Å². The Morgan fingerprint density at radius 3 is 2.59 bits per heavy atom. The van der Waals surface area contributed by atoms with Gasteiger partial charge in [-0.15, -0.1) is 0 Å². The van der Waals surface area contributed by atoms with Gasteiger partial charge in [0, 0.05) is 24.1 Å². The Balaban J connectivity index is 2.49. The van der Waals surface area contributed by atoms with Crippen LogP contribution in [0.1, 0.15) is 45.4 Å². The molecule has 2 rings (SSSR count). The summed E-state index contributed by atoms with van der Waals surface area (Å²) in [4.78, 5) is 18.3. The molecule has 0 atom stereocenters.